The molecule has 4 heterocycles. The largest absolute Gasteiger partial charge is 0.460 e. The van der Waals surface area contributed by atoms with Crippen molar-refractivity contribution in [2.24, 2.45) is 0 Å². The number of hydrogen-bond acceptors (Lipinski definition) is 5. The molecule has 2 aromatic carbocycles. The number of nitrogens with zero attached hydrogens (tertiary/aromatic N) is 5. The van der Waals surface area contributed by atoms with Gasteiger partial charge >= 0.3 is 6.18 Å². The van der Waals surface area contributed by atoms with Crippen molar-refractivity contribution >= 4 is 0 Å². The topological polar surface area (TPSA) is 60.0 Å². The van der Waals surface area contributed by atoms with Crippen molar-refractivity contribution < 1.29 is 17.6 Å². The van der Waals surface area contributed by atoms with E-state index in [0.717, 1.165) is 58.4 Å². The summed E-state index contributed by atoms with van der Waals surface area (Å²) in [7, 11) is 0. The van der Waals surface area contributed by atoms with Gasteiger partial charge in [-0.05, 0) is 43.3 Å². The number of fused-ring (bicyclic) bond motifs is 1. The van der Waals surface area contributed by atoms with Crippen LogP contribution in [0.15, 0.2) is 83.5 Å². The second-order valence-electron chi connectivity index (χ2n) is 9.39. The Morgan fingerprint density at radius 2 is 1.76 bits per heavy atom. The Kier molecular flexibility index (Phi) is 6.07. The van der Waals surface area contributed by atoms with E-state index in [1.165, 1.54) is 12.1 Å². The number of aromatic nitrogens is 4. The van der Waals surface area contributed by atoms with Gasteiger partial charge in [0, 0.05) is 55.1 Å². The van der Waals surface area contributed by atoms with Gasteiger partial charge in [0.25, 0.3) is 0 Å². The molecule has 9 heteroatoms. The van der Waals surface area contributed by atoms with E-state index in [9.17, 15) is 13.2 Å². The fourth-order valence-corrected chi connectivity index (χ4v) is 4.71. The summed E-state index contributed by atoms with van der Waals surface area (Å²) in [4.78, 5) is 11.4. The van der Waals surface area contributed by atoms with Crippen molar-refractivity contribution in [1.29, 1.82) is 0 Å². The Hall–Kier alpha value is -4.24. The molecule has 0 saturated carbocycles. The summed E-state index contributed by atoms with van der Waals surface area (Å²) in [6, 6.07) is 18.8. The standard InChI is InChI=1S/C29H24F3N5O/c1-19-7-12-26(38-19)27-22(18-37(35-27)24-5-3-2-4-6-24)17-36-14-13-25-21(16-36)15-33-28(34-25)20-8-10-23(11-9-20)29(30,31)32/h2-12,15,18H,13-14,16-17H2,1H3. The lowest BCUT2D eigenvalue weighted by atomic mass is 10.1. The third-order valence-electron chi connectivity index (χ3n) is 6.66. The molecule has 0 N–H and O–H groups in total. The Labute approximate surface area is 217 Å². The van der Waals surface area contributed by atoms with E-state index < -0.39 is 11.7 Å². The van der Waals surface area contributed by atoms with Crippen molar-refractivity contribution in [3.8, 4) is 28.5 Å². The highest BCUT2D eigenvalue weighted by atomic mass is 19.4. The van der Waals surface area contributed by atoms with E-state index >= 15 is 0 Å². The molecule has 0 atom stereocenters. The lowest BCUT2D eigenvalue weighted by Crippen LogP contribution is -2.31. The first-order chi connectivity index (χ1) is 18.3. The summed E-state index contributed by atoms with van der Waals surface area (Å²) in [5, 5.41) is 4.84. The maximum Gasteiger partial charge on any atom is 0.416 e. The van der Waals surface area contributed by atoms with Crippen molar-refractivity contribution in [2.75, 3.05) is 6.54 Å². The number of aryl methyl sites for hydroxylation is 1. The molecule has 0 saturated heterocycles. The fourth-order valence-electron chi connectivity index (χ4n) is 4.71. The Bertz CT molecular complexity index is 1570. The minimum atomic E-state index is -4.37. The Balaban J connectivity index is 1.23. The number of rotatable bonds is 5. The molecule has 38 heavy (non-hydrogen) atoms. The van der Waals surface area contributed by atoms with E-state index in [1.54, 1.807) is 6.20 Å². The van der Waals surface area contributed by atoms with Gasteiger partial charge in [-0.25, -0.2) is 14.6 Å². The average molecular weight is 516 g/mol. The quantitative estimate of drug-likeness (QED) is 0.268. The van der Waals surface area contributed by atoms with Gasteiger partial charge in [-0.15, -0.1) is 0 Å². The zero-order valence-corrected chi connectivity index (χ0v) is 20.6. The van der Waals surface area contributed by atoms with Gasteiger partial charge in [0.1, 0.15) is 11.5 Å². The van der Waals surface area contributed by atoms with Gasteiger partial charge in [0.15, 0.2) is 11.6 Å². The predicted molar refractivity (Wildman–Crippen MR) is 136 cm³/mol. The Morgan fingerprint density at radius 3 is 2.47 bits per heavy atom. The van der Waals surface area contributed by atoms with Crippen LogP contribution in [-0.4, -0.2) is 31.2 Å². The smallest absolute Gasteiger partial charge is 0.416 e. The lowest BCUT2D eigenvalue weighted by molar-refractivity contribution is -0.137. The zero-order chi connectivity index (χ0) is 26.3. The first kappa shape index (κ1) is 24.1. The van der Waals surface area contributed by atoms with E-state index in [1.807, 2.05) is 60.3 Å². The highest BCUT2D eigenvalue weighted by Gasteiger charge is 2.30. The van der Waals surface area contributed by atoms with Gasteiger partial charge in [-0.1, -0.05) is 30.3 Å². The van der Waals surface area contributed by atoms with Crippen LogP contribution in [0.3, 0.4) is 0 Å². The minimum Gasteiger partial charge on any atom is -0.460 e. The number of para-hydroxylation sites is 1. The molecule has 0 amide bonds. The van der Waals surface area contributed by atoms with Gasteiger partial charge in [0.2, 0.25) is 0 Å². The van der Waals surface area contributed by atoms with Gasteiger partial charge in [-0.3, -0.25) is 4.90 Å². The molecule has 6 rings (SSSR count). The first-order valence-corrected chi connectivity index (χ1v) is 12.3. The molecule has 192 valence electrons. The molecule has 5 aromatic rings. The van der Waals surface area contributed by atoms with E-state index in [4.69, 9.17) is 9.52 Å². The van der Waals surface area contributed by atoms with Gasteiger partial charge < -0.3 is 4.42 Å². The van der Waals surface area contributed by atoms with Crippen molar-refractivity contribution in [2.45, 2.75) is 32.6 Å². The van der Waals surface area contributed by atoms with Gasteiger partial charge in [0.05, 0.1) is 16.9 Å². The summed E-state index contributed by atoms with van der Waals surface area (Å²) < 4.78 is 46.5. The third kappa shape index (κ3) is 4.84. The minimum absolute atomic E-state index is 0.436. The molecular weight excluding hydrogens is 491 g/mol. The van der Waals surface area contributed by atoms with Crippen LogP contribution in [-0.2, 0) is 25.7 Å². The molecule has 0 aliphatic carbocycles. The summed E-state index contributed by atoms with van der Waals surface area (Å²) >= 11 is 0. The number of halogens is 3. The number of benzene rings is 2. The molecule has 0 unspecified atom stereocenters. The van der Waals surface area contributed by atoms with Crippen LogP contribution in [0.2, 0.25) is 0 Å². The summed E-state index contributed by atoms with van der Waals surface area (Å²) in [5.41, 5.74) is 4.64. The normalized spacial score (nSPS) is 14.0. The molecule has 0 spiro atoms. The van der Waals surface area contributed by atoms with Crippen LogP contribution >= 0.6 is 0 Å². The molecule has 6 nitrogen and oxygen atoms in total. The number of alkyl halides is 3. The van der Waals surface area contributed by atoms with Crippen LogP contribution in [0, 0.1) is 6.92 Å². The molecule has 0 radical (unpaired) electrons. The third-order valence-corrected chi connectivity index (χ3v) is 6.66. The molecule has 0 bridgehead atoms. The van der Waals surface area contributed by atoms with E-state index in [0.29, 0.717) is 30.9 Å². The maximum atomic E-state index is 12.9. The van der Waals surface area contributed by atoms with Crippen molar-refractivity contribution in [1.82, 2.24) is 24.6 Å². The van der Waals surface area contributed by atoms with E-state index in [-0.39, 0.29) is 0 Å². The fraction of sp³-hybridized carbons (Fsp3) is 0.207. The maximum absolute atomic E-state index is 12.9. The highest BCUT2D eigenvalue weighted by Crippen LogP contribution is 2.31. The van der Waals surface area contributed by atoms with E-state index in [2.05, 4.69) is 14.9 Å². The summed E-state index contributed by atoms with van der Waals surface area (Å²) in [5.74, 6) is 1.99. The highest BCUT2D eigenvalue weighted by molar-refractivity contribution is 5.58. The number of hydrogen-bond donors (Lipinski definition) is 0. The zero-order valence-electron chi connectivity index (χ0n) is 20.6. The van der Waals surface area contributed by atoms with Crippen LogP contribution in [0.4, 0.5) is 13.2 Å². The predicted octanol–water partition coefficient (Wildman–Crippen LogP) is 6.47. The first-order valence-electron chi connectivity index (χ1n) is 12.3. The molecular formula is C29H24F3N5O. The average Bonchev–Trinajstić information content (AvgIpc) is 3.54. The molecule has 0 fully saturated rings. The van der Waals surface area contributed by atoms with Crippen LogP contribution in [0.5, 0.6) is 0 Å². The van der Waals surface area contributed by atoms with Crippen molar-refractivity contribution in [3.63, 3.8) is 0 Å². The van der Waals surface area contributed by atoms with Crippen LogP contribution in [0.1, 0.15) is 28.1 Å². The molecule has 1 aliphatic heterocycles. The second-order valence-corrected chi connectivity index (χ2v) is 9.39. The lowest BCUT2D eigenvalue weighted by Gasteiger charge is -2.27. The Morgan fingerprint density at radius 1 is 0.974 bits per heavy atom. The van der Waals surface area contributed by atoms with Crippen molar-refractivity contribution in [3.05, 3.63) is 107 Å². The summed E-state index contributed by atoms with van der Waals surface area (Å²) in [6.07, 6.45) is 0.174. The van der Waals surface area contributed by atoms with Crippen LogP contribution < -0.4 is 0 Å². The van der Waals surface area contributed by atoms with Gasteiger partial charge in [-0.2, -0.15) is 18.3 Å². The SMILES string of the molecule is Cc1ccc(-c2nn(-c3ccccc3)cc2CN2CCc3nc(-c4ccc(C(F)(F)F)cc4)ncc3C2)o1. The van der Waals surface area contributed by atoms with Crippen LogP contribution in [0.25, 0.3) is 28.5 Å². The monoisotopic (exact) mass is 515 g/mol. The molecule has 1 aliphatic rings. The number of furan rings is 1. The summed E-state index contributed by atoms with van der Waals surface area (Å²) in [6.45, 7) is 4.03. The molecule has 3 aromatic heterocycles. The second kappa shape index (κ2) is 9.57.